The van der Waals surface area contributed by atoms with Gasteiger partial charge in [-0.25, -0.2) is 0 Å². The van der Waals surface area contributed by atoms with Crippen LogP contribution in [0, 0.1) is 11.8 Å². The standard InChI is InChI=1S/C26H41N3O5/c1-6-11-29-15-18(2)24(32-5)16-28(4)26(31)22-8-7-21(14-23(22)34-17-19(29)3)27-25(30)20-9-12-33-13-10-20/h7-8,14,18-20,24H,6,9-13,15-17H2,1-5H3,(H,27,30)/t18-,19-,24+/m1/s1. The average Bonchev–Trinajstić information content (AvgIpc) is 2.84. The lowest BCUT2D eigenvalue weighted by Gasteiger charge is -2.35. The third-order valence-corrected chi connectivity index (χ3v) is 6.95. The largest absolute Gasteiger partial charge is 0.491 e. The quantitative estimate of drug-likeness (QED) is 0.704. The summed E-state index contributed by atoms with van der Waals surface area (Å²) < 4.78 is 17.4. The lowest BCUT2D eigenvalue weighted by molar-refractivity contribution is -0.122. The first-order chi connectivity index (χ1) is 16.3. The Morgan fingerprint density at radius 3 is 2.62 bits per heavy atom. The molecule has 0 aromatic heterocycles. The van der Waals surface area contributed by atoms with Crippen LogP contribution in [0.5, 0.6) is 5.75 Å². The van der Waals surface area contributed by atoms with E-state index in [1.54, 1.807) is 37.3 Å². The number of hydrogen-bond acceptors (Lipinski definition) is 6. The van der Waals surface area contributed by atoms with Gasteiger partial charge in [0.15, 0.2) is 0 Å². The van der Waals surface area contributed by atoms with Gasteiger partial charge in [0.1, 0.15) is 12.4 Å². The fourth-order valence-electron chi connectivity index (χ4n) is 4.73. The summed E-state index contributed by atoms with van der Waals surface area (Å²) in [6.07, 6.45) is 2.43. The van der Waals surface area contributed by atoms with Gasteiger partial charge in [0.2, 0.25) is 5.91 Å². The molecular formula is C26H41N3O5. The summed E-state index contributed by atoms with van der Waals surface area (Å²) >= 11 is 0. The summed E-state index contributed by atoms with van der Waals surface area (Å²) in [5.74, 6) is 0.562. The van der Waals surface area contributed by atoms with Crippen LogP contribution in [0.25, 0.3) is 0 Å². The van der Waals surface area contributed by atoms with Crippen molar-refractivity contribution in [3.05, 3.63) is 23.8 Å². The van der Waals surface area contributed by atoms with Gasteiger partial charge in [0, 0.05) is 64.2 Å². The minimum atomic E-state index is -0.120. The number of nitrogens with zero attached hydrogens (tertiary/aromatic N) is 2. The van der Waals surface area contributed by atoms with E-state index in [1.165, 1.54) is 0 Å². The monoisotopic (exact) mass is 475 g/mol. The highest BCUT2D eigenvalue weighted by Gasteiger charge is 2.28. The van der Waals surface area contributed by atoms with Gasteiger partial charge in [-0.3, -0.25) is 14.5 Å². The molecule has 0 bridgehead atoms. The smallest absolute Gasteiger partial charge is 0.257 e. The number of hydrogen-bond donors (Lipinski definition) is 1. The molecule has 34 heavy (non-hydrogen) atoms. The molecule has 0 radical (unpaired) electrons. The van der Waals surface area contributed by atoms with Gasteiger partial charge in [-0.15, -0.1) is 0 Å². The van der Waals surface area contributed by atoms with Crippen molar-refractivity contribution in [3.63, 3.8) is 0 Å². The second-order valence-electron chi connectivity index (χ2n) is 9.68. The maximum atomic E-state index is 13.3. The number of carbonyl (C=O) groups is 2. The zero-order valence-corrected chi connectivity index (χ0v) is 21.3. The predicted molar refractivity (Wildman–Crippen MR) is 132 cm³/mol. The fourth-order valence-corrected chi connectivity index (χ4v) is 4.73. The van der Waals surface area contributed by atoms with E-state index in [4.69, 9.17) is 14.2 Å². The van der Waals surface area contributed by atoms with Gasteiger partial charge < -0.3 is 24.4 Å². The molecule has 8 nitrogen and oxygen atoms in total. The van der Waals surface area contributed by atoms with Crippen LogP contribution in [0.4, 0.5) is 5.69 Å². The molecule has 2 amide bonds. The van der Waals surface area contributed by atoms with Crippen LogP contribution in [-0.4, -0.2) is 87.4 Å². The number of methoxy groups -OCH3 is 1. The van der Waals surface area contributed by atoms with E-state index in [1.807, 2.05) is 0 Å². The van der Waals surface area contributed by atoms with Gasteiger partial charge in [0.25, 0.3) is 5.91 Å². The number of nitrogens with one attached hydrogen (secondary N) is 1. The normalized spacial score (nSPS) is 25.6. The topological polar surface area (TPSA) is 80.3 Å². The summed E-state index contributed by atoms with van der Waals surface area (Å²) in [6, 6.07) is 5.47. The van der Waals surface area contributed by atoms with E-state index in [0.717, 1.165) is 32.4 Å². The van der Waals surface area contributed by atoms with Crippen molar-refractivity contribution in [1.29, 1.82) is 0 Å². The van der Waals surface area contributed by atoms with Gasteiger partial charge in [0.05, 0.1) is 11.7 Å². The maximum Gasteiger partial charge on any atom is 0.257 e. The molecule has 8 heteroatoms. The molecule has 1 aromatic carbocycles. The zero-order chi connectivity index (χ0) is 24.7. The lowest BCUT2D eigenvalue weighted by Crippen LogP contribution is -2.46. The highest BCUT2D eigenvalue weighted by Crippen LogP contribution is 2.28. The summed E-state index contributed by atoms with van der Waals surface area (Å²) in [6.45, 7) is 10.5. The van der Waals surface area contributed by atoms with Gasteiger partial charge in [-0.05, 0) is 50.8 Å². The van der Waals surface area contributed by atoms with Crippen LogP contribution in [0.15, 0.2) is 18.2 Å². The van der Waals surface area contributed by atoms with Crippen molar-refractivity contribution in [2.75, 3.05) is 58.9 Å². The molecular weight excluding hydrogens is 434 g/mol. The molecule has 1 saturated heterocycles. The van der Waals surface area contributed by atoms with E-state index < -0.39 is 0 Å². The van der Waals surface area contributed by atoms with Crippen LogP contribution >= 0.6 is 0 Å². The van der Waals surface area contributed by atoms with Gasteiger partial charge in [-0.2, -0.15) is 0 Å². The molecule has 1 N–H and O–H groups in total. The van der Waals surface area contributed by atoms with Crippen molar-refractivity contribution in [2.45, 2.75) is 52.2 Å². The Morgan fingerprint density at radius 1 is 1.21 bits per heavy atom. The van der Waals surface area contributed by atoms with Crippen molar-refractivity contribution < 1.29 is 23.8 Å². The number of amides is 2. The number of rotatable bonds is 5. The number of benzene rings is 1. The molecule has 3 atom stereocenters. The first kappa shape index (κ1) is 26.4. The van der Waals surface area contributed by atoms with Crippen LogP contribution in [0.2, 0.25) is 0 Å². The summed E-state index contributed by atoms with van der Waals surface area (Å²) in [5, 5.41) is 3.01. The summed E-state index contributed by atoms with van der Waals surface area (Å²) in [7, 11) is 3.51. The van der Waals surface area contributed by atoms with Crippen molar-refractivity contribution in [3.8, 4) is 5.75 Å². The number of fused-ring (bicyclic) bond motifs is 1. The minimum absolute atomic E-state index is 0.0146. The molecule has 3 rings (SSSR count). The Balaban J connectivity index is 1.86. The second kappa shape index (κ2) is 12.5. The molecule has 0 spiro atoms. The first-order valence-electron chi connectivity index (χ1n) is 12.5. The Labute approximate surface area is 203 Å². The molecule has 2 aliphatic rings. The third kappa shape index (κ3) is 6.71. The van der Waals surface area contributed by atoms with E-state index in [2.05, 4.69) is 31.0 Å². The highest BCUT2D eigenvalue weighted by molar-refractivity contribution is 5.98. The first-order valence-corrected chi connectivity index (χ1v) is 12.5. The van der Waals surface area contributed by atoms with Crippen molar-refractivity contribution >= 4 is 17.5 Å². The van der Waals surface area contributed by atoms with Gasteiger partial charge >= 0.3 is 0 Å². The minimum Gasteiger partial charge on any atom is -0.491 e. The SMILES string of the molecule is CCCN1C[C@@H](C)[C@@H](OC)CN(C)C(=O)c2ccc(NC(=O)C3CCOCC3)cc2OC[C@H]1C. The van der Waals surface area contributed by atoms with Gasteiger partial charge in [-0.1, -0.05) is 13.8 Å². The summed E-state index contributed by atoms with van der Waals surface area (Å²) in [4.78, 5) is 30.2. The summed E-state index contributed by atoms with van der Waals surface area (Å²) in [5.41, 5.74) is 1.13. The molecule has 0 saturated carbocycles. The molecule has 2 aliphatic heterocycles. The van der Waals surface area contributed by atoms with Crippen molar-refractivity contribution in [2.24, 2.45) is 11.8 Å². The predicted octanol–water partition coefficient (Wildman–Crippen LogP) is 3.27. The highest BCUT2D eigenvalue weighted by atomic mass is 16.5. The molecule has 2 heterocycles. The third-order valence-electron chi connectivity index (χ3n) is 6.95. The Hall–Kier alpha value is -2.16. The number of carbonyl (C=O) groups excluding carboxylic acids is 2. The Kier molecular flexibility index (Phi) is 9.74. The molecule has 1 fully saturated rings. The Bertz CT molecular complexity index is 827. The van der Waals surface area contributed by atoms with Crippen molar-refractivity contribution in [1.82, 2.24) is 9.80 Å². The fraction of sp³-hybridized carbons (Fsp3) is 0.692. The molecule has 0 aliphatic carbocycles. The van der Waals surface area contributed by atoms with E-state index in [-0.39, 0.29) is 35.8 Å². The number of ether oxygens (including phenoxy) is 3. The van der Waals surface area contributed by atoms with E-state index in [0.29, 0.717) is 43.4 Å². The number of anilines is 1. The molecule has 0 unspecified atom stereocenters. The maximum absolute atomic E-state index is 13.3. The van der Waals surface area contributed by atoms with Crippen LogP contribution in [0.1, 0.15) is 50.4 Å². The van der Waals surface area contributed by atoms with E-state index >= 15 is 0 Å². The number of likely N-dealkylation sites (N-methyl/N-ethyl adjacent to an activating group) is 1. The second-order valence-corrected chi connectivity index (χ2v) is 9.68. The lowest BCUT2D eigenvalue weighted by atomic mass is 9.99. The average molecular weight is 476 g/mol. The van der Waals surface area contributed by atoms with E-state index in [9.17, 15) is 9.59 Å². The van der Waals surface area contributed by atoms with Crippen LogP contribution in [-0.2, 0) is 14.3 Å². The van der Waals surface area contributed by atoms with Crippen LogP contribution in [0.3, 0.4) is 0 Å². The Morgan fingerprint density at radius 2 is 1.94 bits per heavy atom. The zero-order valence-electron chi connectivity index (χ0n) is 21.3. The van der Waals surface area contributed by atoms with Crippen LogP contribution < -0.4 is 10.1 Å². The molecule has 1 aromatic rings. The molecule has 190 valence electrons.